The second-order valence-electron chi connectivity index (χ2n) is 2.37. The zero-order valence-corrected chi connectivity index (χ0v) is 6.88. The number of pyridine rings is 1. The molecule has 1 aromatic heterocycles. The summed E-state index contributed by atoms with van der Waals surface area (Å²) in [6.07, 6.45) is -3.17. The van der Waals surface area contributed by atoms with Crippen LogP contribution >= 0.6 is 0 Å². The fourth-order valence-electron chi connectivity index (χ4n) is 0.741. The van der Waals surface area contributed by atoms with Gasteiger partial charge < -0.3 is 4.74 Å². The first-order valence-corrected chi connectivity index (χ1v) is 3.57. The van der Waals surface area contributed by atoms with Gasteiger partial charge in [0.2, 0.25) is 5.88 Å². The molecule has 14 heavy (non-hydrogen) atoms. The van der Waals surface area contributed by atoms with E-state index in [-0.39, 0.29) is 11.4 Å². The van der Waals surface area contributed by atoms with Gasteiger partial charge in [-0.15, -0.1) is 0 Å². The van der Waals surface area contributed by atoms with Crippen LogP contribution in [-0.4, -0.2) is 17.8 Å². The van der Waals surface area contributed by atoms with E-state index in [0.29, 0.717) is 0 Å². The van der Waals surface area contributed by atoms with Crippen LogP contribution in [0.4, 0.5) is 13.2 Å². The van der Waals surface area contributed by atoms with E-state index >= 15 is 0 Å². The van der Waals surface area contributed by atoms with Gasteiger partial charge in [0.1, 0.15) is 11.6 Å². The minimum absolute atomic E-state index is 0.0169. The Balaban J connectivity index is 2.73. The number of nitriles is 1. The number of ether oxygens (including phenoxy) is 1. The molecule has 0 saturated carbocycles. The van der Waals surface area contributed by atoms with Crippen molar-refractivity contribution in [2.75, 3.05) is 6.61 Å². The first-order valence-electron chi connectivity index (χ1n) is 3.57. The van der Waals surface area contributed by atoms with Crippen LogP contribution < -0.4 is 4.74 Å². The van der Waals surface area contributed by atoms with E-state index in [1.807, 2.05) is 0 Å². The molecule has 0 radical (unpaired) electrons. The smallest absolute Gasteiger partial charge is 0.422 e. The largest absolute Gasteiger partial charge is 0.467 e. The Morgan fingerprint density at radius 2 is 2.21 bits per heavy atom. The Labute approximate surface area is 77.7 Å². The molecule has 0 unspecified atom stereocenters. The van der Waals surface area contributed by atoms with Crippen molar-refractivity contribution in [3.63, 3.8) is 0 Å². The Morgan fingerprint density at radius 1 is 1.50 bits per heavy atom. The van der Waals surface area contributed by atoms with E-state index in [4.69, 9.17) is 5.26 Å². The highest BCUT2D eigenvalue weighted by Gasteiger charge is 2.29. The molecule has 3 nitrogen and oxygen atoms in total. The molecule has 1 heterocycles. The summed E-state index contributed by atoms with van der Waals surface area (Å²) >= 11 is 0. The molecule has 1 aromatic rings. The normalized spacial score (nSPS) is 10.7. The molecule has 0 N–H and O–H groups in total. The SMILES string of the molecule is N#Cc1cccnc1OCC(F)(F)F. The molecule has 0 aliphatic rings. The number of alkyl halides is 3. The predicted molar refractivity (Wildman–Crippen MR) is 40.5 cm³/mol. The summed E-state index contributed by atoms with van der Waals surface area (Å²) in [7, 11) is 0. The van der Waals surface area contributed by atoms with Gasteiger partial charge in [-0.05, 0) is 12.1 Å². The zero-order valence-electron chi connectivity index (χ0n) is 6.88. The van der Waals surface area contributed by atoms with Gasteiger partial charge in [-0.1, -0.05) is 0 Å². The molecular weight excluding hydrogens is 197 g/mol. The number of rotatable bonds is 2. The molecular formula is C8H5F3N2O. The van der Waals surface area contributed by atoms with Gasteiger partial charge in [0.05, 0.1) is 0 Å². The summed E-state index contributed by atoms with van der Waals surface area (Å²) < 4.78 is 39.6. The molecule has 74 valence electrons. The highest BCUT2D eigenvalue weighted by Crippen LogP contribution is 2.18. The van der Waals surface area contributed by atoms with Crippen molar-refractivity contribution < 1.29 is 17.9 Å². The molecule has 6 heteroatoms. The van der Waals surface area contributed by atoms with Crippen molar-refractivity contribution in [1.82, 2.24) is 4.98 Å². The lowest BCUT2D eigenvalue weighted by Crippen LogP contribution is -2.20. The molecule has 0 amide bonds. The molecule has 0 atom stereocenters. The van der Waals surface area contributed by atoms with Crippen LogP contribution in [0.1, 0.15) is 5.56 Å². The average molecular weight is 202 g/mol. The standard InChI is InChI=1S/C8H5F3N2O/c9-8(10,11)5-14-7-6(4-12)2-1-3-13-7/h1-3H,5H2. The fraction of sp³-hybridized carbons (Fsp3) is 0.250. The van der Waals surface area contributed by atoms with E-state index in [1.165, 1.54) is 18.3 Å². The van der Waals surface area contributed by atoms with Crippen LogP contribution in [0, 0.1) is 11.3 Å². The molecule has 1 rings (SSSR count). The van der Waals surface area contributed by atoms with Crippen molar-refractivity contribution in [3.05, 3.63) is 23.9 Å². The van der Waals surface area contributed by atoms with E-state index in [1.54, 1.807) is 6.07 Å². The van der Waals surface area contributed by atoms with Crippen LogP contribution in [0.5, 0.6) is 5.88 Å². The van der Waals surface area contributed by atoms with Crippen molar-refractivity contribution >= 4 is 0 Å². The van der Waals surface area contributed by atoms with Crippen molar-refractivity contribution in [3.8, 4) is 11.9 Å². The summed E-state index contributed by atoms with van der Waals surface area (Å²) in [6.45, 7) is -1.45. The topological polar surface area (TPSA) is 45.9 Å². The van der Waals surface area contributed by atoms with Crippen LogP contribution in [0.25, 0.3) is 0 Å². The Hall–Kier alpha value is -1.77. The molecule has 0 spiro atoms. The third-order valence-electron chi connectivity index (χ3n) is 1.26. The molecule has 0 saturated heterocycles. The maximum Gasteiger partial charge on any atom is 0.422 e. The molecule has 0 aliphatic heterocycles. The predicted octanol–water partition coefficient (Wildman–Crippen LogP) is 1.89. The van der Waals surface area contributed by atoms with Crippen molar-refractivity contribution in [1.29, 1.82) is 5.26 Å². The van der Waals surface area contributed by atoms with Crippen molar-refractivity contribution in [2.24, 2.45) is 0 Å². The molecule has 0 fully saturated rings. The monoisotopic (exact) mass is 202 g/mol. The van der Waals surface area contributed by atoms with E-state index in [0.717, 1.165) is 0 Å². The molecule has 0 aromatic carbocycles. The number of halogens is 3. The highest BCUT2D eigenvalue weighted by atomic mass is 19.4. The van der Waals surface area contributed by atoms with E-state index in [2.05, 4.69) is 9.72 Å². The van der Waals surface area contributed by atoms with Crippen LogP contribution in [0.2, 0.25) is 0 Å². The second-order valence-corrected chi connectivity index (χ2v) is 2.37. The second kappa shape index (κ2) is 3.96. The van der Waals surface area contributed by atoms with Crippen LogP contribution in [-0.2, 0) is 0 Å². The minimum atomic E-state index is -4.43. The summed E-state index contributed by atoms with van der Waals surface area (Å²) in [5.74, 6) is -0.299. The average Bonchev–Trinajstić information content (AvgIpc) is 2.14. The molecule has 0 aliphatic carbocycles. The molecule has 0 bridgehead atoms. The number of nitrogens with zero attached hydrogens (tertiary/aromatic N) is 2. The summed E-state index contributed by atoms with van der Waals surface area (Å²) in [4.78, 5) is 3.51. The van der Waals surface area contributed by atoms with Gasteiger partial charge in [-0.3, -0.25) is 0 Å². The van der Waals surface area contributed by atoms with E-state index in [9.17, 15) is 13.2 Å². The lowest BCUT2D eigenvalue weighted by Gasteiger charge is -2.08. The van der Waals surface area contributed by atoms with Gasteiger partial charge in [-0.2, -0.15) is 18.4 Å². The Bertz CT molecular complexity index is 356. The maximum absolute atomic E-state index is 11.7. The first-order chi connectivity index (χ1) is 6.53. The Kier molecular flexibility index (Phi) is 2.92. The lowest BCUT2D eigenvalue weighted by molar-refractivity contribution is -0.154. The third kappa shape index (κ3) is 2.94. The third-order valence-corrected chi connectivity index (χ3v) is 1.26. The fourth-order valence-corrected chi connectivity index (χ4v) is 0.741. The van der Waals surface area contributed by atoms with Gasteiger partial charge >= 0.3 is 6.18 Å². The summed E-state index contributed by atoms with van der Waals surface area (Å²) in [5.41, 5.74) is -0.0169. The van der Waals surface area contributed by atoms with Gasteiger partial charge in [0, 0.05) is 6.20 Å². The summed E-state index contributed by atoms with van der Waals surface area (Å²) in [6, 6.07) is 4.45. The zero-order chi connectivity index (χ0) is 10.6. The van der Waals surface area contributed by atoms with Crippen LogP contribution in [0.3, 0.4) is 0 Å². The Morgan fingerprint density at radius 3 is 2.79 bits per heavy atom. The number of hydrogen-bond donors (Lipinski definition) is 0. The number of aromatic nitrogens is 1. The van der Waals surface area contributed by atoms with Crippen LogP contribution in [0.15, 0.2) is 18.3 Å². The first kappa shape index (κ1) is 10.3. The van der Waals surface area contributed by atoms with Gasteiger partial charge in [-0.25, -0.2) is 4.98 Å². The maximum atomic E-state index is 11.7. The summed E-state index contributed by atoms with van der Waals surface area (Å²) in [5, 5.41) is 8.50. The minimum Gasteiger partial charge on any atom is -0.467 e. The van der Waals surface area contributed by atoms with E-state index < -0.39 is 12.8 Å². The van der Waals surface area contributed by atoms with Gasteiger partial charge in [0.25, 0.3) is 0 Å². The quantitative estimate of drug-likeness (QED) is 0.735. The van der Waals surface area contributed by atoms with Crippen molar-refractivity contribution in [2.45, 2.75) is 6.18 Å². The van der Waals surface area contributed by atoms with Gasteiger partial charge in [0.15, 0.2) is 6.61 Å². The number of hydrogen-bond acceptors (Lipinski definition) is 3. The highest BCUT2D eigenvalue weighted by molar-refractivity contribution is 5.36. The lowest BCUT2D eigenvalue weighted by atomic mass is 10.3.